The van der Waals surface area contributed by atoms with Gasteiger partial charge in [0.1, 0.15) is 0 Å². The number of rotatable bonds is 5. The smallest absolute Gasteiger partial charge is 0.245 e. The summed E-state index contributed by atoms with van der Waals surface area (Å²) in [7, 11) is 2.01. The van der Waals surface area contributed by atoms with Gasteiger partial charge in [-0.3, -0.25) is 0 Å². The fourth-order valence-electron chi connectivity index (χ4n) is 1.96. The Bertz CT molecular complexity index is 546. The third-order valence-electron chi connectivity index (χ3n) is 3.53. The van der Waals surface area contributed by atoms with Crippen LogP contribution in [-0.2, 0) is 0 Å². The highest BCUT2D eigenvalue weighted by atomic mass is 15.4. The Kier molecular flexibility index (Phi) is 4.04. The van der Waals surface area contributed by atoms with E-state index >= 15 is 0 Å². The number of aromatic nitrogens is 3. The summed E-state index contributed by atoms with van der Waals surface area (Å²) in [5.74, 6) is 1.26. The molecule has 0 radical (unpaired) electrons. The molecule has 0 amide bonds. The van der Waals surface area contributed by atoms with Crippen LogP contribution in [0.25, 0.3) is 5.65 Å². The van der Waals surface area contributed by atoms with E-state index in [1.54, 1.807) is 0 Å². The Labute approximate surface area is 114 Å². The number of anilines is 1. The summed E-state index contributed by atoms with van der Waals surface area (Å²) in [5.41, 5.74) is 8.04. The van der Waals surface area contributed by atoms with Crippen LogP contribution in [-0.4, -0.2) is 34.2 Å². The molecule has 1 unspecified atom stereocenters. The number of nitrogens with zero attached hydrogens (tertiary/aromatic N) is 4. The molecule has 0 spiro atoms. The van der Waals surface area contributed by atoms with Crippen molar-refractivity contribution < 1.29 is 0 Å². The average molecular weight is 261 g/mol. The van der Waals surface area contributed by atoms with Gasteiger partial charge in [0.2, 0.25) is 5.95 Å². The minimum absolute atomic E-state index is 0.223. The molecule has 0 aromatic carbocycles. The second-order valence-electron chi connectivity index (χ2n) is 5.47. The fourth-order valence-corrected chi connectivity index (χ4v) is 1.96. The van der Waals surface area contributed by atoms with Crippen molar-refractivity contribution in [2.75, 3.05) is 18.5 Å². The molecule has 2 rings (SSSR count). The van der Waals surface area contributed by atoms with Crippen LogP contribution in [0, 0.1) is 12.8 Å². The van der Waals surface area contributed by atoms with Gasteiger partial charge in [-0.2, -0.15) is 4.98 Å². The van der Waals surface area contributed by atoms with Gasteiger partial charge in [0.15, 0.2) is 5.65 Å². The van der Waals surface area contributed by atoms with Crippen LogP contribution in [0.5, 0.6) is 0 Å². The Morgan fingerprint density at radius 1 is 1.37 bits per heavy atom. The van der Waals surface area contributed by atoms with E-state index in [2.05, 4.69) is 28.8 Å². The summed E-state index contributed by atoms with van der Waals surface area (Å²) in [6.45, 7) is 7.20. The summed E-state index contributed by atoms with van der Waals surface area (Å²) in [6, 6.07) is 6.22. The van der Waals surface area contributed by atoms with Gasteiger partial charge < -0.3 is 10.6 Å². The highest BCUT2D eigenvalue weighted by Gasteiger charge is 2.12. The molecule has 0 aliphatic heterocycles. The largest absolute Gasteiger partial charge is 0.343 e. The molecule has 2 heterocycles. The first-order valence-electron chi connectivity index (χ1n) is 6.78. The molecule has 0 fully saturated rings. The van der Waals surface area contributed by atoms with E-state index < -0.39 is 0 Å². The molecule has 0 bridgehead atoms. The van der Waals surface area contributed by atoms with Crippen molar-refractivity contribution in [3.8, 4) is 0 Å². The Morgan fingerprint density at radius 2 is 2.11 bits per heavy atom. The predicted octanol–water partition coefficient (Wildman–Crippen LogP) is 1.85. The summed E-state index contributed by atoms with van der Waals surface area (Å²) < 4.78 is 1.87. The van der Waals surface area contributed by atoms with Crippen LogP contribution in [0.2, 0.25) is 0 Å². The standard InChI is InChI=1S/C14H23N5/c1-10(2)12(15)8-9-18(4)14-16-13-7-5-6-11(3)19(13)17-14/h5-7,10,12H,8-9,15H2,1-4H3. The molecule has 0 aliphatic carbocycles. The molecule has 19 heavy (non-hydrogen) atoms. The van der Waals surface area contributed by atoms with Crippen molar-refractivity contribution in [2.45, 2.75) is 33.2 Å². The van der Waals surface area contributed by atoms with Crippen LogP contribution in [0.15, 0.2) is 18.2 Å². The first-order chi connectivity index (χ1) is 8.99. The topological polar surface area (TPSA) is 59.5 Å². The highest BCUT2D eigenvalue weighted by Crippen LogP contribution is 2.12. The number of hydrogen-bond donors (Lipinski definition) is 1. The summed E-state index contributed by atoms with van der Waals surface area (Å²) in [5, 5.41) is 4.53. The lowest BCUT2D eigenvalue weighted by Crippen LogP contribution is -2.32. The van der Waals surface area contributed by atoms with Gasteiger partial charge in [-0.25, -0.2) is 4.52 Å². The van der Waals surface area contributed by atoms with Gasteiger partial charge in [0.05, 0.1) is 0 Å². The summed E-state index contributed by atoms with van der Waals surface area (Å²) in [4.78, 5) is 6.60. The van der Waals surface area contributed by atoms with Crippen molar-refractivity contribution in [2.24, 2.45) is 11.7 Å². The normalized spacial score (nSPS) is 13.2. The minimum Gasteiger partial charge on any atom is -0.343 e. The maximum atomic E-state index is 6.07. The maximum absolute atomic E-state index is 6.07. The van der Waals surface area contributed by atoms with Crippen molar-refractivity contribution >= 4 is 11.6 Å². The summed E-state index contributed by atoms with van der Waals surface area (Å²) >= 11 is 0. The van der Waals surface area contributed by atoms with E-state index in [9.17, 15) is 0 Å². The molecule has 104 valence electrons. The predicted molar refractivity (Wildman–Crippen MR) is 78.4 cm³/mol. The average Bonchev–Trinajstić information content (AvgIpc) is 2.80. The van der Waals surface area contributed by atoms with Crippen LogP contribution < -0.4 is 10.6 Å². The maximum Gasteiger partial charge on any atom is 0.245 e. The molecule has 5 heteroatoms. The molecule has 5 nitrogen and oxygen atoms in total. The second-order valence-corrected chi connectivity index (χ2v) is 5.47. The molecular weight excluding hydrogens is 238 g/mol. The third kappa shape index (κ3) is 3.04. The van der Waals surface area contributed by atoms with Gasteiger partial charge in [-0.1, -0.05) is 19.9 Å². The zero-order valence-electron chi connectivity index (χ0n) is 12.2. The van der Waals surface area contributed by atoms with Crippen molar-refractivity contribution in [3.05, 3.63) is 23.9 Å². The SMILES string of the molecule is Cc1cccc2nc(N(C)CCC(N)C(C)C)nn12. The lowest BCUT2D eigenvalue weighted by molar-refractivity contribution is 0.465. The molecule has 2 N–H and O–H groups in total. The fraction of sp³-hybridized carbons (Fsp3) is 0.571. The van der Waals surface area contributed by atoms with Gasteiger partial charge in [-0.15, -0.1) is 5.10 Å². The van der Waals surface area contributed by atoms with E-state index in [1.807, 2.05) is 36.7 Å². The number of nitrogens with two attached hydrogens (primary N) is 1. The zero-order valence-corrected chi connectivity index (χ0v) is 12.2. The number of pyridine rings is 1. The molecule has 0 aliphatic rings. The van der Waals surface area contributed by atoms with Gasteiger partial charge in [0, 0.05) is 25.3 Å². The molecule has 0 saturated heterocycles. The number of aryl methyl sites for hydroxylation is 1. The van der Waals surface area contributed by atoms with Crippen LogP contribution in [0.1, 0.15) is 26.0 Å². The zero-order chi connectivity index (χ0) is 14.0. The van der Waals surface area contributed by atoms with Crippen molar-refractivity contribution in [1.29, 1.82) is 0 Å². The number of hydrogen-bond acceptors (Lipinski definition) is 4. The van der Waals surface area contributed by atoms with E-state index in [-0.39, 0.29) is 6.04 Å². The lowest BCUT2D eigenvalue weighted by Gasteiger charge is -2.20. The van der Waals surface area contributed by atoms with E-state index in [0.717, 1.165) is 30.3 Å². The lowest BCUT2D eigenvalue weighted by atomic mass is 10.0. The Balaban J connectivity index is 2.09. The summed E-state index contributed by atoms with van der Waals surface area (Å²) in [6.07, 6.45) is 0.947. The minimum atomic E-state index is 0.223. The van der Waals surface area contributed by atoms with Crippen molar-refractivity contribution in [3.63, 3.8) is 0 Å². The molecule has 2 aromatic heterocycles. The first kappa shape index (κ1) is 13.8. The quantitative estimate of drug-likeness (QED) is 0.892. The van der Waals surface area contributed by atoms with E-state index in [0.29, 0.717) is 5.92 Å². The van der Waals surface area contributed by atoms with Crippen molar-refractivity contribution in [1.82, 2.24) is 14.6 Å². The Morgan fingerprint density at radius 3 is 2.74 bits per heavy atom. The third-order valence-corrected chi connectivity index (χ3v) is 3.53. The van der Waals surface area contributed by atoms with Crippen LogP contribution >= 0.6 is 0 Å². The van der Waals surface area contributed by atoms with Gasteiger partial charge in [-0.05, 0) is 31.4 Å². The second kappa shape index (κ2) is 5.57. The monoisotopic (exact) mass is 261 g/mol. The molecule has 2 aromatic rings. The first-order valence-corrected chi connectivity index (χ1v) is 6.78. The van der Waals surface area contributed by atoms with E-state index in [1.165, 1.54) is 0 Å². The molecular formula is C14H23N5. The van der Waals surface area contributed by atoms with Crippen LogP contribution in [0.4, 0.5) is 5.95 Å². The van der Waals surface area contributed by atoms with E-state index in [4.69, 9.17) is 5.73 Å². The van der Waals surface area contributed by atoms with Gasteiger partial charge in [0.25, 0.3) is 0 Å². The Hall–Kier alpha value is -1.62. The van der Waals surface area contributed by atoms with Gasteiger partial charge >= 0.3 is 0 Å². The number of fused-ring (bicyclic) bond motifs is 1. The molecule has 0 saturated carbocycles. The van der Waals surface area contributed by atoms with Crippen LogP contribution in [0.3, 0.4) is 0 Å². The molecule has 1 atom stereocenters. The highest BCUT2D eigenvalue weighted by molar-refractivity contribution is 5.45.